The van der Waals surface area contributed by atoms with Crippen LogP contribution in [0.25, 0.3) is 0 Å². The quantitative estimate of drug-likeness (QED) is 0.437. The molecule has 0 amide bonds. The van der Waals surface area contributed by atoms with E-state index in [2.05, 4.69) is 4.74 Å². The molecule has 0 atom stereocenters. The molecule has 0 aliphatic rings. The first-order chi connectivity index (χ1) is 2.27. The van der Waals surface area contributed by atoms with Crippen molar-refractivity contribution in [2.45, 2.75) is 6.92 Å². The molecular weight excluding hydrogens is 99.9 g/mol. The zero-order chi connectivity index (χ0) is 4.28. The van der Waals surface area contributed by atoms with E-state index >= 15 is 0 Å². The molecule has 0 heterocycles. The van der Waals surface area contributed by atoms with E-state index in [0.29, 0.717) is 0 Å². The molecule has 0 bridgehead atoms. The van der Waals surface area contributed by atoms with E-state index in [0.717, 1.165) is 4.00 Å². The van der Waals surface area contributed by atoms with Gasteiger partial charge in [-0.05, 0) is 0 Å². The first-order valence-corrected chi connectivity index (χ1v) is 2.14. The van der Waals surface area contributed by atoms with Gasteiger partial charge in [0.05, 0.1) is 0 Å². The number of methoxy groups -OCH3 is 1. The molecule has 0 unspecified atom stereocenters. The van der Waals surface area contributed by atoms with Crippen molar-refractivity contribution in [3.8, 4) is 0 Å². The third-order valence-electron chi connectivity index (χ3n) is 0.306. The summed E-state index contributed by atoms with van der Waals surface area (Å²) in [6.45, 7) is 1.92. The Morgan fingerprint density at radius 2 is 2.00 bits per heavy atom. The van der Waals surface area contributed by atoms with Gasteiger partial charge in [0, 0.05) is 0 Å². The van der Waals surface area contributed by atoms with Gasteiger partial charge in [-0.3, -0.25) is 0 Å². The first kappa shape index (κ1) is 5.54. The van der Waals surface area contributed by atoms with Crippen LogP contribution in [0.2, 0.25) is 0 Å². The predicted molar refractivity (Wildman–Crippen MR) is 17.7 cm³/mol. The van der Waals surface area contributed by atoms with E-state index in [1.807, 2.05) is 26.9 Å². The summed E-state index contributed by atoms with van der Waals surface area (Å²) in [5, 5.41) is 0. The van der Waals surface area contributed by atoms with Gasteiger partial charge in [-0.25, -0.2) is 0 Å². The van der Waals surface area contributed by atoms with Crippen LogP contribution < -0.4 is 0 Å². The van der Waals surface area contributed by atoms with Gasteiger partial charge in [0.25, 0.3) is 0 Å². The van der Waals surface area contributed by atoms with Gasteiger partial charge in [-0.1, -0.05) is 0 Å². The zero-order valence-corrected chi connectivity index (χ0v) is 4.97. The van der Waals surface area contributed by atoms with Crippen LogP contribution >= 0.6 is 0 Å². The standard InChI is InChI=1S/C3H6O.Ti/c1-3-4-2;/h1-2H3;/q;+2. The summed E-state index contributed by atoms with van der Waals surface area (Å²) >= 11 is 1.92. The fraction of sp³-hybridized carbons (Fsp3) is 0.667. The van der Waals surface area contributed by atoms with E-state index in [-0.39, 0.29) is 0 Å². The molecule has 1 nitrogen and oxygen atoms in total. The van der Waals surface area contributed by atoms with Crippen LogP contribution in [0.4, 0.5) is 0 Å². The molecule has 0 saturated heterocycles. The molecule has 5 heavy (non-hydrogen) atoms. The van der Waals surface area contributed by atoms with E-state index in [1.54, 1.807) is 7.11 Å². The number of hydrogen-bond donors (Lipinski definition) is 0. The summed E-state index contributed by atoms with van der Waals surface area (Å²) in [6, 6.07) is 0. The van der Waals surface area contributed by atoms with E-state index in [9.17, 15) is 0 Å². The maximum atomic E-state index is 4.67. The number of rotatable bonds is 1. The fourth-order valence-corrected chi connectivity index (χ4v) is 0. The van der Waals surface area contributed by atoms with Crippen LogP contribution in [0.5, 0.6) is 0 Å². The van der Waals surface area contributed by atoms with Gasteiger partial charge in [0.1, 0.15) is 0 Å². The third kappa shape index (κ3) is 4.54. The predicted octanol–water partition coefficient (Wildman–Crippen LogP) is 0.329. The molecular formula is C3H6OTi+2. The van der Waals surface area contributed by atoms with Crippen molar-refractivity contribution >= 4 is 4.00 Å². The SMILES string of the molecule is CO[C](C)=[Ti+2]. The molecule has 0 fully saturated rings. The van der Waals surface area contributed by atoms with Gasteiger partial charge >= 0.3 is 42.7 Å². The molecule has 0 aromatic rings. The van der Waals surface area contributed by atoms with Gasteiger partial charge in [-0.15, -0.1) is 0 Å². The number of hydrogen-bond acceptors (Lipinski definition) is 1. The first-order valence-electron chi connectivity index (χ1n) is 1.36. The van der Waals surface area contributed by atoms with Crippen LogP contribution in [0, 0.1) is 0 Å². The summed E-state index contributed by atoms with van der Waals surface area (Å²) in [4.78, 5) is 0. The molecule has 0 aliphatic heterocycles. The average Bonchev–Trinajstić information content (AvgIpc) is 1.38. The Labute approximate surface area is 43.2 Å². The van der Waals surface area contributed by atoms with Crippen molar-refractivity contribution < 1.29 is 24.7 Å². The summed E-state index contributed by atoms with van der Waals surface area (Å²) in [6.07, 6.45) is 0. The molecule has 2 heteroatoms. The Hall–Kier alpha value is 0.544. The van der Waals surface area contributed by atoms with Crippen LogP contribution in [0.15, 0.2) is 0 Å². The fourth-order valence-electron chi connectivity index (χ4n) is 0. The molecule has 26 valence electrons. The van der Waals surface area contributed by atoms with E-state index in [1.165, 1.54) is 0 Å². The van der Waals surface area contributed by atoms with Crippen molar-refractivity contribution in [3.63, 3.8) is 0 Å². The second kappa shape index (κ2) is 2.76. The van der Waals surface area contributed by atoms with Crippen LogP contribution in [0.1, 0.15) is 6.92 Å². The molecule has 0 aromatic heterocycles. The minimum atomic E-state index is 1.00. The zero-order valence-electron chi connectivity index (χ0n) is 3.41. The Kier molecular flexibility index (Phi) is 3.07. The maximum absolute atomic E-state index is 4.67. The summed E-state index contributed by atoms with van der Waals surface area (Å²) in [5.74, 6) is 0. The third-order valence-corrected chi connectivity index (χ3v) is 0.625. The van der Waals surface area contributed by atoms with Gasteiger partial charge in [0.15, 0.2) is 0 Å². The summed E-state index contributed by atoms with van der Waals surface area (Å²) < 4.78 is 5.67. The Balaban J connectivity index is 2.85. The van der Waals surface area contributed by atoms with Crippen molar-refractivity contribution in [1.82, 2.24) is 0 Å². The molecule has 0 N–H and O–H groups in total. The Bertz CT molecular complexity index is 42.2. The summed E-state index contributed by atoms with van der Waals surface area (Å²) in [5.41, 5.74) is 0. The van der Waals surface area contributed by atoms with Gasteiger partial charge in [-0.2, -0.15) is 0 Å². The topological polar surface area (TPSA) is 9.23 Å². The molecule has 0 saturated carbocycles. The van der Waals surface area contributed by atoms with Crippen LogP contribution in [0.3, 0.4) is 0 Å². The molecule has 0 rings (SSSR count). The average molecular weight is 106 g/mol. The van der Waals surface area contributed by atoms with Crippen molar-refractivity contribution in [3.05, 3.63) is 0 Å². The Morgan fingerprint density at radius 1 is 1.80 bits per heavy atom. The van der Waals surface area contributed by atoms with Gasteiger partial charge in [0.2, 0.25) is 0 Å². The molecule has 0 spiro atoms. The summed E-state index contributed by atoms with van der Waals surface area (Å²) in [7, 11) is 1.66. The minimum absolute atomic E-state index is 1.00. The van der Waals surface area contributed by atoms with Crippen molar-refractivity contribution in [1.29, 1.82) is 0 Å². The molecule has 0 aliphatic carbocycles. The second-order valence-electron chi connectivity index (χ2n) is 0.760. The normalized spacial score (nSPS) is 8.00. The van der Waals surface area contributed by atoms with Crippen LogP contribution in [-0.4, -0.2) is 11.1 Å². The number of ether oxygens (including phenoxy) is 1. The molecule has 0 radical (unpaired) electrons. The Morgan fingerprint density at radius 3 is 2.00 bits per heavy atom. The van der Waals surface area contributed by atoms with Crippen molar-refractivity contribution in [2.24, 2.45) is 0 Å². The molecule has 0 aromatic carbocycles. The second-order valence-corrected chi connectivity index (χ2v) is 1.86. The van der Waals surface area contributed by atoms with E-state index in [4.69, 9.17) is 0 Å². The van der Waals surface area contributed by atoms with Crippen molar-refractivity contribution in [2.75, 3.05) is 7.11 Å². The van der Waals surface area contributed by atoms with Gasteiger partial charge < -0.3 is 0 Å². The van der Waals surface area contributed by atoms with E-state index < -0.39 is 0 Å². The van der Waals surface area contributed by atoms with Crippen LogP contribution in [-0.2, 0) is 24.7 Å². The monoisotopic (exact) mass is 106 g/mol.